The minimum Gasteiger partial charge on any atom is -0.463 e. The number of hydrogen-bond acceptors (Lipinski definition) is 4. The molecule has 0 bridgehead atoms. The molecule has 7 nitrogen and oxygen atoms in total. The molecule has 0 fully saturated rings. The van der Waals surface area contributed by atoms with Gasteiger partial charge in [-0.1, -0.05) is 20.8 Å². The van der Waals surface area contributed by atoms with E-state index in [0.29, 0.717) is 16.8 Å². The van der Waals surface area contributed by atoms with E-state index in [1.807, 2.05) is 20.8 Å². The van der Waals surface area contributed by atoms with Gasteiger partial charge < -0.3 is 10.4 Å². The summed E-state index contributed by atoms with van der Waals surface area (Å²) in [5.74, 6) is -0.130. The van der Waals surface area contributed by atoms with Crippen molar-refractivity contribution in [3.63, 3.8) is 0 Å². The van der Waals surface area contributed by atoms with Gasteiger partial charge in [0.05, 0.1) is 11.3 Å². The molecule has 0 aliphatic rings. The SMILES string of the molecule is Cc1c(C(C)(C)C)c(NC(=O)c2cccnc2)nn1C(=O)O. The molecule has 0 atom stereocenters. The van der Waals surface area contributed by atoms with Crippen molar-refractivity contribution >= 4 is 17.8 Å². The lowest BCUT2D eigenvalue weighted by molar-refractivity contribution is 0.102. The number of carbonyl (C=O) groups excluding carboxylic acids is 1. The summed E-state index contributed by atoms with van der Waals surface area (Å²) in [4.78, 5) is 27.4. The number of pyridine rings is 1. The van der Waals surface area contributed by atoms with Crippen molar-refractivity contribution in [2.75, 3.05) is 5.32 Å². The second-order valence-corrected chi connectivity index (χ2v) is 5.95. The van der Waals surface area contributed by atoms with Crippen LogP contribution in [-0.2, 0) is 5.41 Å². The Labute approximate surface area is 128 Å². The van der Waals surface area contributed by atoms with Gasteiger partial charge in [0.1, 0.15) is 0 Å². The van der Waals surface area contributed by atoms with Crippen molar-refractivity contribution in [1.82, 2.24) is 14.8 Å². The molecule has 0 saturated heterocycles. The molecule has 0 unspecified atom stereocenters. The highest BCUT2D eigenvalue weighted by Crippen LogP contribution is 2.32. The first kappa shape index (κ1) is 15.7. The highest BCUT2D eigenvalue weighted by molar-refractivity contribution is 6.04. The number of carboxylic acid groups (broad SMARTS) is 1. The monoisotopic (exact) mass is 302 g/mol. The molecule has 0 radical (unpaired) electrons. The number of nitrogens with one attached hydrogen (secondary N) is 1. The Morgan fingerprint density at radius 2 is 2.00 bits per heavy atom. The molecule has 0 spiro atoms. The van der Waals surface area contributed by atoms with Crippen molar-refractivity contribution in [2.45, 2.75) is 33.1 Å². The van der Waals surface area contributed by atoms with Crippen LogP contribution in [0.4, 0.5) is 10.6 Å². The van der Waals surface area contributed by atoms with Crippen molar-refractivity contribution in [2.24, 2.45) is 0 Å². The smallest absolute Gasteiger partial charge is 0.432 e. The van der Waals surface area contributed by atoms with Crippen molar-refractivity contribution in [1.29, 1.82) is 0 Å². The number of nitrogens with zero attached hydrogens (tertiary/aromatic N) is 3. The molecule has 2 N–H and O–H groups in total. The quantitative estimate of drug-likeness (QED) is 0.888. The first-order valence-electron chi connectivity index (χ1n) is 6.76. The van der Waals surface area contributed by atoms with Gasteiger partial charge in [-0.3, -0.25) is 9.78 Å². The van der Waals surface area contributed by atoms with Gasteiger partial charge in [0, 0.05) is 18.0 Å². The molecule has 0 aliphatic carbocycles. The Morgan fingerprint density at radius 3 is 2.50 bits per heavy atom. The summed E-state index contributed by atoms with van der Waals surface area (Å²) in [5, 5.41) is 15.9. The zero-order chi connectivity index (χ0) is 16.5. The average molecular weight is 302 g/mol. The third-order valence-electron chi connectivity index (χ3n) is 3.20. The summed E-state index contributed by atoms with van der Waals surface area (Å²) in [5.41, 5.74) is 1.19. The summed E-state index contributed by atoms with van der Waals surface area (Å²) in [6.45, 7) is 7.47. The van der Waals surface area contributed by atoms with E-state index < -0.39 is 6.09 Å². The zero-order valence-corrected chi connectivity index (χ0v) is 12.9. The first-order valence-corrected chi connectivity index (χ1v) is 6.76. The Bertz CT molecular complexity index is 714. The Balaban J connectivity index is 2.45. The molecule has 0 aromatic carbocycles. The summed E-state index contributed by atoms with van der Waals surface area (Å²) < 4.78 is 0.874. The van der Waals surface area contributed by atoms with E-state index in [4.69, 9.17) is 0 Å². The van der Waals surface area contributed by atoms with E-state index in [2.05, 4.69) is 15.4 Å². The van der Waals surface area contributed by atoms with Gasteiger partial charge in [0.2, 0.25) is 0 Å². The predicted molar refractivity (Wildman–Crippen MR) is 81.3 cm³/mol. The molecule has 22 heavy (non-hydrogen) atoms. The second kappa shape index (κ2) is 5.59. The fourth-order valence-corrected chi connectivity index (χ4v) is 2.35. The van der Waals surface area contributed by atoms with Crippen LogP contribution in [0.5, 0.6) is 0 Å². The van der Waals surface area contributed by atoms with Gasteiger partial charge in [-0.05, 0) is 24.5 Å². The van der Waals surface area contributed by atoms with Crippen molar-refractivity contribution in [3.05, 3.63) is 41.3 Å². The van der Waals surface area contributed by atoms with Crippen LogP contribution in [0.2, 0.25) is 0 Å². The lowest BCUT2D eigenvalue weighted by Gasteiger charge is -2.20. The lowest BCUT2D eigenvalue weighted by atomic mass is 9.86. The summed E-state index contributed by atoms with van der Waals surface area (Å²) >= 11 is 0. The van der Waals surface area contributed by atoms with E-state index in [0.717, 1.165) is 4.68 Å². The number of carbonyl (C=O) groups is 2. The molecule has 1 amide bonds. The fourth-order valence-electron chi connectivity index (χ4n) is 2.35. The molecule has 2 rings (SSSR count). The normalized spacial score (nSPS) is 11.3. The van der Waals surface area contributed by atoms with Crippen LogP contribution >= 0.6 is 0 Å². The fraction of sp³-hybridized carbons (Fsp3) is 0.333. The van der Waals surface area contributed by atoms with E-state index in [-0.39, 0.29) is 17.1 Å². The van der Waals surface area contributed by atoms with E-state index >= 15 is 0 Å². The molecular weight excluding hydrogens is 284 g/mol. The minimum atomic E-state index is -1.19. The van der Waals surface area contributed by atoms with Crippen LogP contribution in [0.15, 0.2) is 24.5 Å². The third kappa shape index (κ3) is 2.98. The number of amides is 1. The molecule has 116 valence electrons. The van der Waals surface area contributed by atoms with Crippen LogP contribution in [0.25, 0.3) is 0 Å². The average Bonchev–Trinajstić information content (AvgIpc) is 2.76. The van der Waals surface area contributed by atoms with Crippen LogP contribution in [0.3, 0.4) is 0 Å². The zero-order valence-electron chi connectivity index (χ0n) is 12.9. The predicted octanol–water partition coefficient (Wildman–Crippen LogP) is 2.66. The second-order valence-electron chi connectivity index (χ2n) is 5.95. The van der Waals surface area contributed by atoms with Gasteiger partial charge in [-0.2, -0.15) is 4.68 Å². The standard InChI is InChI=1S/C15H18N4O3/c1-9-11(15(2,3)4)12(18-19(9)14(21)22)17-13(20)10-6-5-7-16-8-10/h5-8H,1-4H3,(H,21,22)(H,17,18,20). The molecular formula is C15H18N4O3. The molecule has 0 saturated carbocycles. The van der Waals surface area contributed by atoms with E-state index in [1.54, 1.807) is 25.3 Å². The van der Waals surface area contributed by atoms with E-state index in [9.17, 15) is 14.7 Å². The molecule has 2 aromatic heterocycles. The van der Waals surface area contributed by atoms with Crippen LogP contribution < -0.4 is 5.32 Å². The topological polar surface area (TPSA) is 97.1 Å². The van der Waals surface area contributed by atoms with Gasteiger partial charge >= 0.3 is 6.09 Å². The van der Waals surface area contributed by atoms with Crippen LogP contribution in [0.1, 0.15) is 42.4 Å². The number of anilines is 1. The summed E-state index contributed by atoms with van der Waals surface area (Å²) in [7, 11) is 0. The van der Waals surface area contributed by atoms with Crippen LogP contribution in [0, 0.1) is 6.92 Å². The van der Waals surface area contributed by atoms with Gasteiger partial charge in [-0.15, -0.1) is 5.10 Å². The van der Waals surface area contributed by atoms with Gasteiger partial charge in [0.15, 0.2) is 5.82 Å². The third-order valence-corrected chi connectivity index (χ3v) is 3.20. The van der Waals surface area contributed by atoms with Crippen molar-refractivity contribution in [3.8, 4) is 0 Å². The lowest BCUT2D eigenvalue weighted by Crippen LogP contribution is -2.19. The summed E-state index contributed by atoms with van der Waals surface area (Å²) in [6.07, 6.45) is 1.82. The molecule has 0 aliphatic heterocycles. The van der Waals surface area contributed by atoms with E-state index in [1.165, 1.54) is 6.20 Å². The highest BCUT2D eigenvalue weighted by Gasteiger charge is 2.28. The van der Waals surface area contributed by atoms with Crippen molar-refractivity contribution < 1.29 is 14.7 Å². The Kier molecular flexibility index (Phi) is 3.99. The Hall–Kier alpha value is -2.70. The minimum absolute atomic E-state index is 0.251. The number of aromatic nitrogens is 3. The molecule has 7 heteroatoms. The van der Waals surface area contributed by atoms with Gasteiger partial charge in [-0.25, -0.2) is 4.79 Å². The maximum Gasteiger partial charge on any atom is 0.432 e. The van der Waals surface area contributed by atoms with Gasteiger partial charge in [0.25, 0.3) is 5.91 Å². The summed E-state index contributed by atoms with van der Waals surface area (Å²) in [6, 6.07) is 3.28. The maximum absolute atomic E-state index is 12.2. The number of rotatable bonds is 2. The molecule has 2 aromatic rings. The molecule has 2 heterocycles. The Morgan fingerprint density at radius 1 is 1.32 bits per heavy atom. The first-order chi connectivity index (χ1) is 10.2. The highest BCUT2D eigenvalue weighted by atomic mass is 16.4. The number of hydrogen-bond donors (Lipinski definition) is 2. The largest absolute Gasteiger partial charge is 0.463 e. The van der Waals surface area contributed by atoms with Crippen LogP contribution in [-0.4, -0.2) is 31.9 Å². The maximum atomic E-state index is 12.2.